The molecular weight excluding hydrogens is 288 g/mol. The van der Waals surface area contributed by atoms with Crippen molar-refractivity contribution in [2.24, 2.45) is 0 Å². The molecule has 98 valence electrons. The molecule has 0 fully saturated rings. The van der Waals surface area contributed by atoms with Crippen molar-refractivity contribution in [2.45, 2.75) is 4.34 Å². The van der Waals surface area contributed by atoms with Crippen LogP contribution in [0.1, 0.15) is 0 Å². The molecule has 0 saturated carbocycles. The number of fused-ring (bicyclic) bond motifs is 1. The Balaban J connectivity index is 1.57. The van der Waals surface area contributed by atoms with Crippen molar-refractivity contribution in [3.63, 3.8) is 0 Å². The minimum absolute atomic E-state index is 0.126. The Bertz CT molecular complexity index is 590. The van der Waals surface area contributed by atoms with E-state index in [4.69, 9.17) is 9.47 Å². The highest BCUT2D eigenvalue weighted by Crippen LogP contribution is 2.34. The molecule has 1 aliphatic rings. The lowest BCUT2D eigenvalue weighted by atomic mass is 10.3. The molecule has 0 spiro atoms. The summed E-state index contributed by atoms with van der Waals surface area (Å²) in [5, 5.41) is 9.98. The number of benzene rings is 1. The second-order valence-electron chi connectivity index (χ2n) is 3.53. The maximum Gasteiger partial charge on any atom is 0.234 e. The van der Waals surface area contributed by atoms with Crippen LogP contribution in [0.4, 0.5) is 5.69 Å². The second kappa shape index (κ2) is 5.41. The molecule has 0 bridgehead atoms. The fraction of sp³-hybridized carbons (Fsp3) is 0.200. The average Bonchev–Trinajstić information content (AvgIpc) is 3.07. The number of carbonyl (C=O) groups is 1. The van der Waals surface area contributed by atoms with Crippen LogP contribution in [-0.2, 0) is 4.79 Å². The predicted octanol–water partition coefficient (Wildman–Crippen LogP) is 1.39. The molecule has 3 rings (SSSR count). The Kier molecular flexibility index (Phi) is 3.47. The number of amides is 1. The van der Waals surface area contributed by atoms with E-state index in [-0.39, 0.29) is 18.5 Å². The van der Waals surface area contributed by atoms with Gasteiger partial charge in [0.2, 0.25) is 12.7 Å². The van der Waals surface area contributed by atoms with Crippen LogP contribution in [0.25, 0.3) is 0 Å². The fourth-order valence-corrected chi connectivity index (χ4v) is 2.60. The highest BCUT2D eigenvalue weighted by atomic mass is 32.2. The molecule has 19 heavy (non-hydrogen) atoms. The predicted molar refractivity (Wildman–Crippen MR) is 69.6 cm³/mol. The van der Waals surface area contributed by atoms with Gasteiger partial charge in [-0.15, -0.1) is 5.10 Å². The molecule has 2 aromatic rings. The van der Waals surface area contributed by atoms with Gasteiger partial charge < -0.3 is 14.8 Å². The summed E-state index contributed by atoms with van der Waals surface area (Å²) in [6.45, 7) is 0.215. The van der Waals surface area contributed by atoms with E-state index in [0.717, 1.165) is 11.5 Å². The third-order valence-electron chi connectivity index (χ3n) is 2.26. The molecule has 1 aromatic carbocycles. The molecule has 0 saturated heterocycles. The first-order chi connectivity index (χ1) is 9.31. The molecule has 9 heteroatoms. The zero-order chi connectivity index (χ0) is 13.1. The molecular formula is C10H8N4O3S2. The molecule has 0 atom stereocenters. The maximum atomic E-state index is 11.7. The highest BCUT2D eigenvalue weighted by Gasteiger charge is 2.14. The number of nitrogens with one attached hydrogen (secondary N) is 1. The number of anilines is 1. The molecule has 2 heterocycles. The zero-order valence-electron chi connectivity index (χ0n) is 9.53. The van der Waals surface area contributed by atoms with Gasteiger partial charge in [-0.05, 0) is 17.3 Å². The number of nitrogens with zero attached hydrogens (tertiary/aromatic N) is 3. The third kappa shape index (κ3) is 2.93. The summed E-state index contributed by atoms with van der Waals surface area (Å²) in [6.07, 6.45) is 0. The van der Waals surface area contributed by atoms with E-state index in [0.29, 0.717) is 21.5 Å². The van der Waals surface area contributed by atoms with Crippen LogP contribution in [0.15, 0.2) is 22.5 Å². The molecule has 1 aromatic heterocycles. The monoisotopic (exact) mass is 296 g/mol. The van der Waals surface area contributed by atoms with Gasteiger partial charge in [-0.25, -0.2) is 0 Å². The lowest BCUT2D eigenvalue weighted by molar-refractivity contribution is -0.113. The number of thioether (sulfide) groups is 1. The van der Waals surface area contributed by atoms with E-state index in [2.05, 4.69) is 20.1 Å². The summed E-state index contributed by atoms with van der Waals surface area (Å²) in [6, 6.07) is 5.26. The van der Waals surface area contributed by atoms with Crippen LogP contribution in [0.3, 0.4) is 0 Å². The number of hydrogen-bond acceptors (Lipinski definition) is 8. The Hall–Kier alpha value is -1.87. The Labute approximate surface area is 116 Å². The molecule has 1 amide bonds. The molecule has 1 N–H and O–H groups in total. The first-order valence-electron chi connectivity index (χ1n) is 5.28. The van der Waals surface area contributed by atoms with Gasteiger partial charge in [-0.1, -0.05) is 16.3 Å². The summed E-state index contributed by atoms with van der Waals surface area (Å²) in [7, 11) is 0. The molecule has 7 nitrogen and oxygen atoms in total. The van der Waals surface area contributed by atoms with Gasteiger partial charge in [0.05, 0.1) is 5.75 Å². The van der Waals surface area contributed by atoms with Crippen molar-refractivity contribution in [1.82, 2.24) is 14.8 Å². The van der Waals surface area contributed by atoms with Gasteiger partial charge in [0.1, 0.15) is 0 Å². The summed E-state index contributed by atoms with van der Waals surface area (Å²) in [5.41, 5.74) is 0.672. The normalized spacial score (nSPS) is 12.4. The Morgan fingerprint density at radius 1 is 1.42 bits per heavy atom. The molecule has 1 aliphatic heterocycles. The average molecular weight is 296 g/mol. The number of hydrogen-bond donors (Lipinski definition) is 1. The van der Waals surface area contributed by atoms with Crippen LogP contribution in [0.2, 0.25) is 0 Å². The van der Waals surface area contributed by atoms with Crippen molar-refractivity contribution in [1.29, 1.82) is 0 Å². The van der Waals surface area contributed by atoms with E-state index in [9.17, 15) is 4.79 Å². The number of ether oxygens (including phenoxy) is 2. The summed E-state index contributed by atoms with van der Waals surface area (Å²) in [4.78, 5) is 11.7. The maximum absolute atomic E-state index is 11.7. The largest absolute Gasteiger partial charge is 0.454 e. The van der Waals surface area contributed by atoms with Crippen molar-refractivity contribution < 1.29 is 14.3 Å². The number of aromatic nitrogens is 3. The van der Waals surface area contributed by atoms with Gasteiger partial charge in [0, 0.05) is 23.3 Å². The Morgan fingerprint density at radius 3 is 3.16 bits per heavy atom. The minimum atomic E-state index is -0.126. The number of rotatable bonds is 4. The van der Waals surface area contributed by atoms with Crippen molar-refractivity contribution >= 4 is 34.9 Å². The first kappa shape index (κ1) is 12.2. The van der Waals surface area contributed by atoms with Crippen molar-refractivity contribution in [3.8, 4) is 11.5 Å². The molecule has 0 aliphatic carbocycles. The smallest absolute Gasteiger partial charge is 0.234 e. The van der Waals surface area contributed by atoms with Gasteiger partial charge in [0.15, 0.2) is 15.8 Å². The summed E-state index contributed by atoms with van der Waals surface area (Å²) in [5.74, 6) is 1.45. The summed E-state index contributed by atoms with van der Waals surface area (Å²) < 4.78 is 14.7. The van der Waals surface area contributed by atoms with E-state index in [1.807, 2.05) is 0 Å². The standard InChI is InChI=1S/C10H8N4O3S2/c15-9(4-18-10-12-13-14-19-10)11-6-1-2-7-8(3-6)17-5-16-7/h1-3H,4-5H2,(H,11,15). The van der Waals surface area contributed by atoms with Crippen LogP contribution in [0.5, 0.6) is 11.5 Å². The lowest BCUT2D eigenvalue weighted by Crippen LogP contribution is -2.13. The Morgan fingerprint density at radius 2 is 2.32 bits per heavy atom. The van der Waals surface area contributed by atoms with Crippen LogP contribution in [-0.4, -0.2) is 33.3 Å². The van der Waals surface area contributed by atoms with E-state index < -0.39 is 0 Å². The SMILES string of the molecule is O=C(CSc1nnns1)Nc1ccc2c(c1)OCO2. The lowest BCUT2D eigenvalue weighted by Gasteiger charge is -2.05. The highest BCUT2D eigenvalue weighted by molar-refractivity contribution is 8.01. The number of carbonyl (C=O) groups excluding carboxylic acids is 1. The van der Waals surface area contributed by atoms with Gasteiger partial charge in [0.25, 0.3) is 0 Å². The van der Waals surface area contributed by atoms with Crippen LogP contribution >= 0.6 is 23.3 Å². The van der Waals surface area contributed by atoms with Crippen LogP contribution in [0, 0.1) is 0 Å². The quantitative estimate of drug-likeness (QED) is 0.853. The first-order valence-corrected chi connectivity index (χ1v) is 7.04. The molecule has 0 unspecified atom stereocenters. The van der Waals surface area contributed by atoms with E-state index in [1.54, 1.807) is 18.2 Å². The molecule has 0 radical (unpaired) electrons. The summed E-state index contributed by atoms with van der Waals surface area (Å²) >= 11 is 2.46. The van der Waals surface area contributed by atoms with Crippen molar-refractivity contribution in [2.75, 3.05) is 17.9 Å². The second-order valence-corrected chi connectivity index (χ2v) is 5.49. The van der Waals surface area contributed by atoms with Crippen LogP contribution < -0.4 is 14.8 Å². The minimum Gasteiger partial charge on any atom is -0.454 e. The van der Waals surface area contributed by atoms with Gasteiger partial charge in [-0.2, -0.15) is 0 Å². The third-order valence-corrected chi connectivity index (χ3v) is 3.97. The van der Waals surface area contributed by atoms with E-state index in [1.165, 1.54) is 11.8 Å². The zero-order valence-corrected chi connectivity index (χ0v) is 11.2. The van der Waals surface area contributed by atoms with Gasteiger partial charge in [-0.3, -0.25) is 4.79 Å². The van der Waals surface area contributed by atoms with Crippen molar-refractivity contribution in [3.05, 3.63) is 18.2 Å². The topological polar surface area (TPSA) is 86.2 Å². The van der Waals surface area contributed by atoms with Gasteiger partial charge >= 0.3 is 0 Å². The fourth-order valence-electron chi connectivity index (χ4n) is 1.48. The van der Waals surface area contributed by atoms with E-state index >= 15 is 0 Å².